The van der Waals surface area contributed by atoms with Crippen LogP contribution in [0.15, 0.2) is 23.0 Å². The van der Waals surface area contributed by atoms with Crippen LogP contribution in [-0.4, -0.2) is 76.3 Å². The van der Waals surface area contributed by atoms with Gasteiger partial charge in [-0.15, -0.1) is 5.10 Å². The first kappa shape index (κ1) is 23.7. The largest absolute Gasteiger partial charge is 0.486 e. The molecule has 0 bridgehead atoms. The van der Waals surface area contributed by atoms with Gasteiger partial charge < -0.3 is 23.9 Å². The van der Waals surface area contributed by atoms with Crippen LogP contribution >= 0.6 is 0 Å². The molecule has 11 heteroatoms. The Morgan fingerprint density at radius 2 is 2.06 bits per heavy atom. The summed E-state index contributed by atoms with van der Waals surface area (Å²) in [7, 11) is 1.66. The van der Waals surface area contributed by atoms with E-state index in [2.05, 4.69) is 32.3 Å². The Kier molecular flexibility index (Phi) is 7.26. The summed E-state index contributed by atoms with van der Waals surface area (Å²) >= 11 is 0. The molecule has 2 aliphatic rings. The Morgan fingerprint density at radius 3 is 2.80 bits per heavy atom. The molecule has 1 saturated heterocycles. The van der Waals surface area contributed by atoms with Crippen LogP contribution in [0.1, 0.15) is 43.6 Å². The second kappa shape index (κ2) is 10.7. The highest BCUT2D eigenvalue weighted by atomic mass is 16.6. The molecule has 3 aromatic rings. The highest BCUT2D eigenvalue weighted by Crippen LogP contribution is 2.34. The number of pyridine rings is 1. The summed E-state index contributed by atoms with van der Waals surface area (Å²) in [6.45, 7) is 6.10. The van der Waals surface area contributed by atoms with Gasteiger partial charge in [0.15, 0.2) is 17.3 Å². The van der Waals surface area contributed by atoms with Crippen LogP contribution in [0.3, 0.4) is 0 Å². The molecule has 1 fully saturated rings. The molecule has 0 radical (unpaired) electrons. The molecule has 0 amide bonds. The smallest absolute Gasteiger partial charge is 0.252 e. The second-order valence-corrected chi connectivity index (χ2v) is 8.95. The van der Waals surface area contributed by atoms with Crippen molar-refractivity contribution in [2.24, 2.45) is 0 Å². The molecule has 11 nitrogen and oxygen atoms in total. The number of benzene rings is 1. The zero-order chi connectivity index (χ0) is 24.2. The van der Waals surface area contributed by atoms with E-state index in [1.807, 2.05) is 18.2 Å². The Balaban J connectivity index is 1.47. The van der Waals surface area contributed by atoms with Gasteiger partial charge in [-0.2, -0.15) is 0 Å². The Morgan fingerprint density at radius 1 is 1.23 bits per heavy atom. The number of hydrogen-bond acceptors (Lipinski definition) is 9. The van der Waals surface area contributed by atoms with Gasteiger partial charge in [-0.3, -0.25) is 9.69 Å². The van der Waals surface area contributed by atoms with Crippen molar-refractivity contribution in [1.29, 1.82) is 0 Å². The van der Waals surface area contributed by atoms with Crippen molar-refractivity contribution >= 4 is 10.9 Å². The van der Waals surface area contributed by atoms with Crippen LogP contribution in [0.2, 0.25) is 0 Å². The van der Waals surface area contributed by atoms with E-state index in [-0.39, 0.29) is 17.7 Å². The monoisotopic (exact) mass is 484 g/mol. The van der Waals surface area contributed by atoms with Gasteiger partial charge in [0.25, 0.3) is 5.56 Å². The van der Waals surface area contributed by atoms with Crippen LogP contribution < -0.4 is 15.0 Å². The van der Waals surface area contributed by atoms with Gasteiger partial charge in [0.2, 0.25) is 0 Å². The van der Waals surface area contributed by atoms with Gasteiger partial charge in [0, 0.05) is 43.8 Å². The fourth-order valence-corrected chi connectivity index (χ4v) is 4.87. The first-order chi connectivity index (χ1) is 17.2. The van der Waals surface area contributed by atoms with Crippen molar-refractivity contribution in [1.82, 2.24) is 30.1 Å². The van der Waals surface area contributed by atoms with E-state index in [1.165, 1.54) is 0 Å². The van der Waals surface area contributed by atoms with Gasteiger partial charge in [0.1, 0.15) is 13.2 Å². The van der Waals surface area contributed by atoms with E-state index in [0.717, 1.165) is 42.6 Å². The van der Waals surface area contributed by atoms with Crippen molar-refractivity contribution in [3.05, 3.63) is 39.9 Å². The lowest BCUT2D eigenvalue weighted by atomic mass is 10.1. The van der Waals surface area contributed by atoms with Crippen LogP contribution in [0.4, 0.5) is 0 Å². The molecule has 2 unspecified atom stereocenters. The molecule has 0 aliphatic carbocycles. The second-order valence-electron chi connectivity index (χ2n) is 8.95. The highest BCUT2D eigenvalue weighted by Gasteiger charge is 2.29. The number of ether oxygens (including phenoxy) is 4. The quantitative estimate of drug-likeness (QED) is 0.461. The van der Waals surface area contributed by atoms with Crippen molar-refractivity contribution in [2.45, 2.75) is 51.4 Å². The fraction of sp³-hybridized carbons (Fsp3) is 0.583. The van der Waals surface area contributed by atoms with E-state index in [1.54, 1.807) is 11.8 Å². The number of fused-ring (bicyclic) bond motifs is 2. The molecule has 1 N–H and O–H groups in total. The van der Waals surface area contributed by atoms with E-state index in [9.17, 15) is 4.79 Å². The van der Waals surface area contributed by atoms with Gasteiger partial charge in [-0.05, 0) is 41.8 Å². The molecular weight excluding hydrogens is 452 g/mol. The lowest BCUT2D eigenvalue weighted by Crippen LogP contribution is -2.38. The predicted molar refractivity (Wildman–Crippen MR) is 128 cm³/mol. The minimum Gasteiger partial charge on any atom is -0.486 e. The van der Waals surface area contributed by atoms with Crippen LogP contribution in [-0.2, 0) is 22.6 Å². The lowest BCUT2D eigenvalue weighted by molar-refractivity contribution is 0.0484. The lowest BCUT2D eigenvalue weighted by Gasteiger charge is -2.32. The third kappa shape index (κ3) is 5.16. The number of aromatic amines is 1. The number of methoxy groups -OCH3 is 1. The summed E-state index contributed by atoms with van der Waals surface area (Å²) in [4.78, 5) is 18.4. The topological polar surface area (TPSA) is 117 Å². The van der Waals surface area contributed by atoms with E-state index in [4.69, 9.17) is 18.9 Å². The molecule has 2 atom stereocenters. The standard InChI is InChI=1S/C24H32N6O5/c1-3-20(23-26-27-28-30(23)6-8-32-2)29(15-18-5-4-7-33-18)14-17-11-16-12-21-22(35-10-9-34-21)13-19(16)25-24(17)31/h11-13,18,20H,3-10,14-15H2,1-2H3,(H,25,31). The van der Waals surface area contributed by atoms with Crippen LogP contribution in [0.25, 0.3) is 10.9 Å². The van der Waals surface area contributed by atoms with Crippen LogP contribution in [0, 0.1) is 0 Å². The maximum absolute atomic E-state index is 13.1. The van der Waals surface area contributed by atoms with Crippen molar-refractivity contribution < 1.29 is 18.9 Å². The summed E-state index contributed by atoms with van der Waals surface area (Å²) < 4.78 is 24.4. The average molecular weight is 485 g/mol. The maximum Gasteiger partial charge on any atom is 0.252 e. The summed E-state index contributed by atoms with van der Waals surface area (Å²) in [6, 6.07) is 5.62. The number of aromatic nitrogens is 5. The van der Waals surface area contributed by atoms with Gasteiger partial charge in [-0.1, -0.05) is 6.92 Å². The number of nitrogens with one attached hydrogen (secondary N) is 1. The zero-order valence-corrected chi connectivity index (χ0v) is 20.2. The number of tetrazole rings is 1. The maximum atomic E-state index is 13.1. The molecule has 4 heterocycles. The minimum absolute atomic E-state index is 0.0820. The summed E-state index contributed by atoms with van der Waals surface area (Å²) in [5, 5.41) is 13.3. The third-order valence-corrected chi connectivity index (χ3v) is 6.61. The molecule has 188 valence electrons. The van der Waals surface area contributed by atoms with E-state index in [0.29, 0.717) is 56.5 Å². The van der Waals surface area contributed by atoms with Crippen LogP contribution in [0.5, 0.6) is 11.5 Å². The SMILES string of the molecule is CCC(c1nnnn1CCOC)N(Cc1cc2cc3c(cc2[nH]c1=O)OCCO3)CC1CCCO1. The van der Waals surface area contributed by atoms with Crippen molar-refractivity contribution in [2.75, 3.05) is 40.1 Å². The number of nitrogens with zero attached hydrogens (tertiary/aromatic N) is 5. The molecular formula is C24H32N6O5. The highest BCUT2D eigenvalue weighted by molar-refractivity contribution is 5.83. The molecule has 2 aromatic heterocycles. The summed E-state index contributed by atoms with van der Waals surface area (Å²) in [5.41, 5.74) is 1.27. The summed E-state index contributed by atoms with van der Waals surface area (Å²) in [5.74, 6) is 2.11. The van der Waals surface area contributed by atoms with Crippen molar-refractivity contribution in [3.8, 4) is 11.5 Å². The van der Waals surface area contributed by atoms with E-state index >= 15 is 0 Å². The predicted octanol–water partition coefficient (Wildman–Crippen LogP) is 2.06. The molecule has 35 heavy (non-hydrogen) atoms. The van der Waals surface area contributed by atoms with Gasteiger partial charge in [0.05, 0.1) is 30.8 Å². The minimum atomic E-state index is -0.125. The number of hydrogen-bond donors (Lipinski definition) is 1. The molecule has 2 aliphatic heterocycles. The molecule has 0 saturated carbocycles. The van der Waals surface area contributed by atoms with Gasteiger partial charge >= 0.3 is 0 Å². The Labute approximate surface area is 203 Å². The van der Waals surface area contributed by atoms with Gasteiger partial charge in [-0.25, -0.2) is 4.68 Å². The first-order valence-corrected chi connectivity index (χ1v) is 12.2. The average Bonchev–Trinajstić information content (AvgIpc) is 3.55. The zero-order valence-electron chi connectivity index (χ0n) is 20.2. The number of H-pyrrole nitrogens is 1. The normalized spacial score (nSPS) is 18.4. The Hall–Kier alpha value is -3.02. The van der Waals surface area contributed by atoms with Crippen molar-refractivity contribution in [3.63, 3.8) is 0 Å². The summed E-state index contributed by atoms with van der Waals surface area (Å²) in [6.07, 6.45) is 2.94. The molecule has 0 spiro atoms. The Bertz CT molecular complexity index is 1200. The first-order valence-electron chi connectivity index (χ1n) is 12.2. The van der Waals surface area contributed by atoms with E-state index < -0.39 is 0 Å². The number of rotatable bonds is 10. The molecule has 5 rings (SSSR count). The molecule has 1 aromatic carbocycles. The fourth-order valence-electron chi connectivity index (χ4n) is 4.87. The third-order valence-electron chi connectivity index (χ3n) is 6.61.